The Balaban J connectivity index is 2.21. The van der Waals surface area contributed by atoms with Gasteiger partial charge in [0.05, 0.1) is 16.7 Å². The predicted octanol–water partition coefficient (Wildman–Crippen LogP) is 3.40. The fraction of sp³-hybridized carbons (Fsp3) is 0.133. The van der Waals surface area contributed by atoms with Gasteiger partial charge >= 0.3 is 0 Å². The highest BCUT2D eigenvalue weighted by atomic mass is 35.5. The minimum absolute atomic E-state index is 0.749. The highest BCUT2D eigenvalue weighted by Crippen LogP contribution is 2.23. The minimum atomic E-state index is 0.749. The second kappa shape index (κ2) is 5.03. The number of benzene rings is 2. The lowest BCUT2D eigenvalue weighted by atomic mass is 10.1. The molecule has 2 aromatic carbocycles. The number of hydrogen-bond donors (Lipinski definition) is 1. The van der Waals surface area contributed by atoms with Crippen molar-refractivity contribution in [2.75, 3.05) is 7.05 Å². The molecule has 19 heavy (non-hydrogen) atoms. The molecule has 0 atom stereocenters. The molecule has 0 unspecified atom stereocenters. The largest absolute Gasteiger partial charge is 0.316 e. The molecule has 0 aliphatic carbocycles. The fourth-order valence-corrected chi connectivity index (χ4v) is 2.47. The molecule has 96 valence electrons. The summed E-state index contributed by atoms with van der Waals surface area (Å²) in [6.07, 6.45) is 1.85. The molecule has 0 spiro atoms. The average Bonchev–Trinajstić information content (AvgIpc) is 2.83. The lowest BCUT2D eigenvalue weighted by molar-refractivity contribution is 0.809. The van der Waals surface area contributed by atoms with Gasteiger partial charge in [0.2, 0.25) is 0 Å². The molecule has 3 aromatic rings. The number of halogens is 1. The molecule has 0 bridgehead atoms. The molecule has 0 saturated heterocycles. The highest BCUT2D eigenvalue weighted by molar-refractivity contribution is 6.30. The zero-order chi connectivity index (χ0) is 13.2. The third-order valence-electron chi connectivity index (χ3n) is 3.12. The monoisotopic (exact) mass is 271 g/mol. The molecule has 0 radical (unpaired) electrons. The number of hydrogen-bond acceptors (Lipinski definition) is 2. The summed E-state index contributed by atoms with van der Waals surface area (Å²) in [5.74, 6) is 0. The summed E-state index contributed by atoms with van der Waals surface area (Å²) >= 11 is 6.08. The van der Waals surface area contributed by atoms with Crippen molar-refractivity contribution in [3.05, 3.63) is 59.4 Å². The zero-order valence-electron chi connectivity index (χ0n) is 10.6. The SMILES string of the molecule is CNCc1cc(Cl)ccc1-n1cnc2ccccc21. The third-order valence-corrected chi connectivity index (χ3v) is 3.36. The fourth-order valence-electron chi connectivity index (χ4n) is 2.27. The lowest BCUT2D eigenvalue weighted by Crippen LogP contribution is -2.08. The van der Waals surface area contributed by atoms with Crippen LogP contribution in [0.2, 0.25) is 5.02 Å². The predicted molar refractivity (Wildman–Crippen MR) is 78.8 cm³/mol. The van der Waals surface area contributed by atoms with Crippen molar-refractivity contribution < 1.29 is 0 Å². The maximum atomic E-state index is 6.08. The number of para-hydroxylation sites is 2. The molecule has 0 saturated carbocycles. The number of fused-ring (bicyclic) bond motifs is 1. The van der Waals surface area contributed by atoms with Gasteiger partial charge in [-0.1, -0.05) is 23.7 Å². The summed E-state index contributed by atoms with van der Waals surface area (Å²) in [4.78, 5) is 4.43. The van der Waals surface area contributed by atoms with Crippen LogP contribution in [0.15, 0.2) is 48.8 Å². The minimum Gasteiger partial charge on any atom is -0.316 e. The van der Waals surface area contributed by atoms with Crippen molar-refractivity contribution in [3.8, 4) is 5.69 Å². The van der Waals surface area contributed by atoms with Gasteiger partial charge in [-0.15, -0.1) is 0 Å². The Morgan fingerprint density at radius 1 is 1.21 bits per heavy atom. The summed E-state index contributed by atoms with van der Waals surface area (Å²) < 4.78 is 2.10. The second-order valence-corrected chi connectivity index (χ2v) is 4.84. The lowest BCUT2D eigenvalue weighted by Gasteiger charge is -2.11. The first-order chi connectivity index (χ1) is 9.29. The van der Waals surface area contributed by atoms with Crippen molar-refractivity contribution in [3.63, 3.8) is 0 Å². The van der Waals surface area contributed by atoms with Gasteiger partial charge in [-0.05, 0) is 42.9 Å². The maximum absolute atomic E-state index is 6.08. The molecule has 0 aliphatic rings. The molecule has 4 heteroatoms. The summed E-state index contributed by atoms with van der Waals surface area (Å²) in [6, 6.07) is 14.0. The van der Waals surface area contributed by atoms with E-state index in [0.29, 0.717) is 0 Å². The summed E-state index contributed by atoms with van der Waals surface area (Å²) in [6.45, 7) is 0.766. The Morgan fingerprint density at radius 3 is 2.89 bits per heavy atom. The Bertz CT molecular complexity index is 718. The molecule has 1 N–H and O–H groups in total. The van der Waals surface area contributed by atoms with Crippen molar-refractivity contribution in [1.82, 2.24) is 14.9 Å². The topological polar surface area (TPSA) is 29.9 Å². The van der Waals surface area contributed by atoms with Gasteiger partial charge in [-0.2, -0.15) is 0 Å². The van der Waals surface area contributed by atoms with Crippen LogP contribution in [0.5, 0.6) is 0 Å². The van der Waals surface area contributed by atoms with E-state index in [9.17, 15) is 0 Å². The normalized spacial score (nSPS) is 11.1. The van der Waals surface area contributed by atoms with E-state index in [1.807, 2.05) is 49.8 Å². The Labute approximate surface area is 116 Å². The zero-order valence-corrected chi connectivity index (χ0v) is 11.4. The first-order valence-corrected chi connectivity index (χ1v) is 6.53. The molecule has 0 amide bonds. The molecule has 3 nitrogen and oxygen atoms in total. The van der Waals surface area contributed by atoms with Crippen LogP contribution in [0.4, 0.5) is 0 Å². The van der Waals surface area contributed by atoms with Crippen LogP contribution in [-0.2, 0) is 6.54 Å². The van der Waals surface area contributed by atoms with Gasteiger partial charge in [0.25, 0.3) is 0 Å². The van der Waals surface area contributed by atoms with Crippen molar-refractivity contribution >= 4 is 22.6 Å². The second-order valence-electron chi connectivity index (χ2n) is 4.41. The van der Waals surface area contributed by atoms with E-state index in [-0.39, 0.29) is 0 Å². The number of nitrogens with one attached hydrogen (secondary N) is 1. The first-order valence-electron chi connectivity index (χ1n) is 6.15. The van der Waals surface area contributed by atoms with Gasteiger partial charge < -0.3 is 5.32 Å². The smallest absolute Gasteiger partial charge is 0.100 e. The van der Waals surface area contributed by atoms with Gasteiger partial charge in [0.1, 0.15) is 6.33 Å². The Hall–Kier alpha value is -1.84. The van der Waals surface area contributed by atoms with Crippen LogP contribution in [0, 0.1) is 0 Å². The quantitative estimate of drug-likeness (QED) is 0.791. The van der Waals surface area contributed by atoms with Gasteiger partial charge in [-0.25, -0.2) is 4.98 Å². The molecule has 1 heterocycles. The number of rotatable bonds is 3. The van der Waals surface area contributed by atoms with Crippen molar-refractivity contribution in [2.45, 2.75) is 6.54 Å². The molecule has 0 aliphatic heterocycles. The van der Waals surface area contributed by atoms with E-state index < -0.39 is 0 Å². The average molecular weight is 272 g/mol. The molecule has 1 aromatic heterocycles. The van der Waals surface area contributed by atoms with Crippen LogP contribution in [0.3, 0.4) is 0 Å². The molecule has 3 rings (SSSR count). The number of nitrogens with zero attached hydrogens (tertiary/aromatic N) is 2. The van der Waals surface area contributed by atoms with E-state index in [1.165, 1.54) is 0 Å². The van der Waals surface area contributed by atoms with Crippen LogP contribution < -0.4 is 5.32 Å². The van der Waals surface area contributed by atoms with Crippen LogP contribution in [0.25, 0.3) is 16.7 Å². The summed E-state index contributed by atoms with van der Waals surface area (Å²) in [5.41, 5.74) is 4.35. The molecule has 0 fully saturated rings. The third kappa shape index (κ3) is 2.23. The summed E-state index contributed by atoms with van der Waals surface area (Å²) in [5, 5.41) is 3.92. The summed E-state index contributed by atoms with van der Waals surface area (Å²) in [7, 11) is 1.93. The van der Waals surface area contributed by atoms with Gasteiger partial charge in [0.15, 0.2) is 0 Å². The van der Waals surface area contributed by atoms with E-state index in [0.717, 1.165) is 33.9 Å². The van der Waals surface area contributed by atoms with Crippen LogP contribution in [0.1, 0.15) is 5.56 Å². The van der Waals surface area contributed by atoms with Crippen molar-refractivity contribution in [2.24, 2.45) is 0 Å². The van der Waals surface area contributed by atoms with Crippen molar-refractivity contribution in [1.29, 1.82) is 0 Å². The molecular weight excluding hydrogens is 258 g/mol. The van der Waals surface area contributed by atoms with E-state index >= 15 is 0 Å². The van der Waals surface area contributed by atoms with E-state index in [2.05, 4.69) is 20.9 Å². The Kier molecular flexibility index (Phi) is 3.23. The number of aromatic nitrogens is 2. The standard InChI is InChI=1S/C15H14ClN3/c1-17-9-11-8-12(16)6-7-14(11)19-10-18-13-4-2-3-5-15(13)19/h2-8,10,17H,9H2,1H3. The van der Waals surface area contributed by atoms with E-state index in [1.54, 1.807) is 0 Å². The van der Waals surface area contributed by atoms with Gasteiger partial charge in [0, 0.05) is 11.6 Å². The molecular formula is C15H14ClN3. The van der Waals surface area contributed by atoms with Crippen LogP contribution >= 0.6 is 11.6 Å². The maximum Gasteiger partial charge on any atom is 0.100 e. The highest BCUT2D eigenvalue weighted by Gasteiger charge is 2.08. The van der Waals surface area contributed by atoms with Crippen LogP contribution in [-0.4, -0.2) is 16.6 Å². The Morgan fingerprint density at radius 2 is 2.05 bits per heavy atom. The van der Waals surface area contributed by atoms with Gasteiger partial charge in [-0.3, -0.25) is 4.57 Å². The number of imidazole rings is 1. The first kappa shape index (κ1) is 12.2. The van der Waals surface area contributed by atoms with E-state index in [4.69, 9.17) is 11.6 Å².